The van der Waals surface area contributed by atoms with Gasteiger partial charge in [-0.3, -0.25) is 4.79 Å². The highest BCUT2D eigenvalue weighted by molar-refractivity contribution is 5.75. The lowest BCUT2D eigenvalue weighted by Crippen LogP contribution is -2.38. The van der Waals surface area contributed by atoms with Crippen LogP contribution in [0.4, 0.5) is 0 Å². The van der Waals surface area contributed by atoms with Crippen molar-refractivity contribution < 1.29 is 9.53 Å². The fourth-order valence-corrected chi connectivity index (χ4v) is 1.61. The molecule has 1 atom stereocenters. The summed E-state index contributed by atoms with van der Waals surface area (Å²) in [6.07, 6.45) is 5.91. The molecule has 0 fully saturated rings. The summed E-state index contributed by atoms with van der Waals surface area (Å²) in [5.74, 6) is 2.17. The molecular formula is C15H19NO2. The Bertz CT molecular complexity index is 452. The molecule has 0 aliphatic carbocycles. The highest BCUT2D eigenvalue weighted by Crippen LogP contribution is 2.18. The monoisotopic (exact) mass is 245 g/mol. The molecule has 0 amide bonds. The van der Waals surface area contributed by atoms with Crippen LogP contribution in [-0.2, 0) is 16.0 Å². The quantitative estimate of drug-likeness (QED) is 0.651. The van der Waals surface area contributed by atoms with Gasteiger partial charge in [-0.05, 0) is 38.5 Å². The number of rotatable bonds is 4. The third-order valence-electron chi connectivity index (χ3n) is 2.50. The first-order valence-electron chi connectivity index (χ1n) is 5.88. The van der Waals surface area contributed by atoms with Gasteiger partial charge in [-0.1, -0.05) is 18.1 Å². The Morgan fingerprint density at radius 3 is 2.44 bits per heavy atom. The fourth-order valence-electron chi connectivity index (χ4n) is 1.61. The first-order valence-corrected chi connectivity index (χ1v) is 5.88. The molecule has 1 unspecified atom stereocenters. The lowest BCUT2D eigenvalue weighted by Gasteiger charge is -2.26. The van der Waals surface area contributed by atoms with E-state index in [1.54, 1.807) is 6.92 Å². The van der Waals surface area contributed by atoms with Crippen molar-refractivity contribution in [2.24, 2.45) is 5.73 Å². The summed E-state index contributed by atoms with van der Waals surface area (Å²) in [7, 11) is 0. The van der Waals surface area contributed by atoms with Gasteiger partial charge in [0.15, 0.2) is 0 Å². The molecule has 1 aromatic rings. The lowest BCUT2D eigenvalue weighted by atomic mass is 9.97. The topological polar surface area (TPSA) is 52.3 Å². The van der Waals surface area contributed by atoms with Crippen LogP contribution in [0, 0.1) is 12.3 Å². The predicted molar refractivity (Wildman–Crippen MR) is 71.9 cm³/mol. The van der Waals surface area contributed by atoms with Crippen molar-refractivity contribution in [1.29, 1.82) is 0 Å². The minimum Gasteiger partial charge on any atom is -0.458 e. The number of terminal acetylenes is 1. The van der Waals surface area contributed by atoms with Gasteiger partial charge in [0.1, 0.15) is 11.6 Å². The number of benzene rings is 1. The number of hydrogen-bond donors (Lipinski definition) is 1. The van der Waals surface area contributed by atoms with Gasteiger partial charge >= 0.3 is 5.97 Å². The van der Waals surface area contributed by atoms with E-state index in [-0.39, 0.29) is 5.97 Å². The number of esters is 1. The maximum atomic E-state index is 11.5. The van der Waals surface area contributed by atoms with Crippen LogP contribution in [0.25, 0.3) is 0 Å². The molecule has 0 aromatic heterocycles. The number of nitrogens with two attached hydrogens (primary N) is 1. The Morgan fingerprint density at radius 2 is 2.00 bits per heavy atom. The van der Waals surface area contributed by atoms with Gasteiger partial charge < -0.3 is 10.5 Å². The zero-order valence-corrected chi connectivity index (χ0v) is 11.1. The number of carbonyl (C=O) groups is 1. The van der Waals surface area contributed by atoms with E-state index in [1.165, 1.54) is 0 Å². The van der Waals surface area contributed by atoms with Gasteiger partial charge in [0.2, 0.25) is 0 Å². The van der Waals surface area contributed by atoms with Crippen LogP contribution in [0.3, 0.4) is 0 Å². The van der Waals surface area contributed by atoms with Crippen molar-refractivity contribution in [2.75, 3.05) is 0 Å². The average Bonchev–Trinajstić information content (AvgIpc) is 2.28. The van der Waals surface area contributed by atoms with E-state index >= 15 is 0 Å². The van der Waals surface area contributed by atoms with Crippen LogP contribution >= 0.6 is 0 Å². The molecule has 3 heteroatoms. The molecule has 3 nitrogen and oxygen atoms in total. The summed E-state index contributed by atoms with van der Waals surface area (Å²) in [6, 6.07) is 7.03. The first-order chi connectivity index (χ1) is 8.34. The molecule has 0 aliphatic rings. The van der Waals surface area contributed by atoms with Crippen molar-refractivity contribution in [2.45, 2.75) is 38.8 Å². The van der Waals surface area contributed by atoms with Crippen molar-refractivity contribution in [3.63, 3.8) is 0 Å². The molecule has 0 saturated heterocycles. The molecule has 0 spiro atoms. The van der Waals surface area contributed by atoms with Gasteiger partial charge in [-0.15, -0.1) is 6.42 Å². The molecule has 1 aromatic carbocycles. The van der Waals surface area contributed by atoms with Crippen molar-refractivity contribution in [3.8, 4) is 12.3 Å². The molecule has 0 radical (unpaired) electrons. The van der Waals surface area contributed by atoms with Crippen LogP contribution in [0.5, 0.6) is 0 Å². The van der Waals surface area contributed by atoms with Gasteiger partial charge in [0.05, 0.1) is 0 Å². The Morgan fingerprint density at radius 1 is 1.44 bits per heavy atom. The third kappa shape index (κ3) is 4.23. The Balaban J connectivity index is 2.70. The summed E-state index contributed by atoms with van der Waals surface area (Å²) in [5.41, 5.74) is 6.80. The summed E-state index contributed by atoms with van der Waals surface area (Å²) < 4.78 is 5.36. The minimum atomic E-state index is -0.604. The SMILES string of the molecule is C#Cc1ccc(CC(C)(C)OC(=O)C(C)N)cc1. The van der Waals surface area contributed by atoms with E-state index in [1.807, 2.05) is 38.1 Å². The van der Waals surface area contributed by atoms with Gasteiger partial charge in [0, 0.05) is 12.0 Å². The molecule has 0 heterocycles. The molecular weight excluding hydrogens is 226 g/mol. The number of carbonyl (C=O) groups excluding carboxylic acids is 1. The summed E-state index contributed by atoms with van der Waals surface area (Å²) >= 11 is 0. The van der Waals surface area contributed by atoms with E-state index in [0.29, 0.717) is 6.42 Å². The van der Waals surface area contributed by atoms with Crippen LogP contribution < -0.4 is 5.73 Å². The maximum absolute atomic E-state index is 11.5. The second-order valence-electron chi connectivity index (χ2n) is 4.99. The summed E-state index contributed by atoms with van der Waals surface area (Å²) in [4.78, 5) is 11.5. The smallest absolute Gasteiger partial charge is 0.323 e. The Hall–Kier alpha value is -1.79. The van der Waals surface area contributed by atoms with Crippen molar-refractivity contribution in [3.05, 3.63) is 35.4 Å². The summed E-state index contributed by atoms with van der Waals surface area (Å²) in [5, 5.41) is 0. The molecule has 96 valence electrons. The van der Waals surface area contributed by atoms with Crippen molar-refractivity contribution >= 4 is 5.97 Å². The van der Waals surface area contributed by atoms with E-state index in [9.17, 15) is 4.79 Å². The fraction of sp³-hybridized carbons (Fsp3) is 0.400. The van der Waals surface area contributed by atoms with Crippen molar-refractivity contribution in [1.82, 2.24) is 0 Å². The highest BCUT2D eigenvalue weighted by atomic mass is 16.6. The average molecular weight is 245 g/mol. The molecule has 0 aliphatic heterocycles. The normalized spacial score (nSPS) is 12.6. The van der Waals surface area contributed by atoms with E-state index in [0.717, 1.165) is 11.1 Å². The zero-order chi connectivity index (χ0) is 13.8. The Kier molecular flexibility index (Phi) is 4.52. The highest BCUT2D eigenvalue weighted by Gasteiger charge is 2.24. The lowest BCUT2D eigenvalue weighted by molar-refractivity contribution is -0.157. The largest absolute Gasteiger partial charge is 0.458 e. The molecule has 18 heavy (non-hydrogen) atoms. The molecule has 2 N–H and O–H groups in total. The Labute approximate surface area is 108 Å². The van der Waals surface area contributed by atoms with E-state index in [4.69, 9.17) is 16.9 Å². The summed E-state index contributed by atoms with van der Waals surface area (Å²) in [6.45, 7) is 5.34. The van der Waals surface area contributed by atoms with Gasteiger partial charge in [0.25, 0.3) is 0 Å². The number of ether oxygens (including phenoxy) is 1. The van der Waals surface area contributed by atoms with Crippen LogP contribution in [0.2, 0.25) is 0 Å². The van der Waals surface area contributed by atoms with Gasteiger partial charge in [-0.2, -0.15) is 0 Å². The minimum absolute atomic E-state index is 0.389. The maximum Gasteiger partial charge on any atom is 0.323 e. The second-order valence-corrected chi connectivity index (χ2v) is 4.99. The van der Waals surface area contributed by atoms with E-state index < -0.39 is 11.6 Å². The second kappa shape index (κ2) is 5.70. The van der Waals surface area contributed by atoms with Crippen LogP contribution in [0.15, 0.2) is 24.3 Å². The standard InChI is InChI=1S/C15H19NO2/c1-5-12-6-8-13(9-7-12)10-15(3,4)18-14(17)11(2)16/h1,6-9,11H,10,16H2,2-4H3. The number of hydrogen-bond acceptors (Lipinski definition) is 3. The third-order valence-corrected chi connectivity index (χ3v) is 2.50. The molecule has 0 bridgehead atoms. The van der Waals surface area contributed by atoms with Crippen LogP contribution in [-0.4, -0.2) is 17.6 Å². The molecule has 0 saturated carbocycles. The molecule has 1 rings (SSSR count). The zero-order valence-electron chi connectivity index (χ0n) is 11.1. The van der Waals surface area contributed by atoms with Crippen LogP contribution in [0.1, 0.15) is 31.9 Å². The van der Waals surface area contributed by atoms with Gasteiger partial charge in [-0.25, -0.2) is 0 Å². The predicted octanol–water partition coefficient (Wildman–Crippen LogP) is 1.88. The first kappa shape index (κ1) is 14.3. The van der Waals surface area contributed by atoms with E-state index in [2.05, 4.69) is 5.92 Å².